The molecule has 2 aliphatic rings. The van der Waals surface area contributed by atoms with Crippen molar-refractivity contribution in [2.45, 2.75) is 41.3 Å². The molecule has 182 valence electrons. The summed E-state index contributed by atoms with van der Waals surface area (Å²) in [7, 11) is -3.66. The summed E-state index contributed by atoms with van der Waals surface area (Å²) in [4.78, 5) is 4.90. The van der Waals surface area contributed by atoms with Crippen LogP contribution in [0.3, 0.4) is 0 Å². The highest BCUT2D eigenvalue weighted by Gasteiger charge is 2.28. The van der Waals surface area contributed by atoms with Gasteiger partial charge in [0.1, 0.15) is 11.6 Å². The summed E-state index contributed by atoms with van der Waals surface area (Å²) in [6, 6.07) is 8.43. The second-order valence-electron chi connectivity index (χ2n) is 8.37. The Kier molecular flexibility index (Phi) is 6.90. The van der Waals surface area contributed by atoms with E-state index in [1.165, 1.54) is 28.2 Å². The number of rotatable bonds is 7. The smallest absolute Gasteiger partial charge is 0.243 e. The third kappa shape index (κ3) is 4.99. The van der Waals surface area contributed by atoms with Gasteiger partial charge in [0.15, 0.2) is 5.16 Å². The molecule has 0 amide bonds. The molecule has 7 nitrogen and oxygen atoms in total. The molecule has 5 rings (SSSR count). The van der Waals surface area contributed by atoms with Crippen molar-refractivity contribution in [3.63, 3.8) is 0 Å². The maximum Gasteiger partial charge on any atom is 0.243 e. The predicted octanol–water partition coefficient (Wildman–Crippen LogP) is 3.81. The van der Waals surface area contributed by atoms with Crippen molar-refractivity contribution in [3.8, 4) is 0 Å². The minimum absolute atomic E-state index is 0.0418. The van der Waals surface area contributed by atoms with Gasteiger partial charge in [0.05, 0.1) is 41.8 Å². The van der Waals surface area contributed by atoms with E-state index in [9.17, 15) is 17.2 Å². The Bertz CT molecular complexity index is 1270. The summed E-state index contributed by atoms with van der Waals surface area (Å²) in [6.45, 7) is 2.67. The highest BCUT2D eigenvalue weighted by atomic mass is 32.2. The summed E-state index contributed by atoms with van der Waals surface area (Å²) in [5.74, 6) is -0.925. The number of imidazole rings is 1. The molecule has 0 unspecified atom stereocenters. The van der Waals surface area contributed by atoms with Crippen LogP contribution < -0.4 is 0 Å². The highest BCUT2D eigenvalue weighted by Crippen LogP contribution is 2.31. The fourth-order valence-corrected chi connectivity index (χ4v) is 6.69. The monoisotopic (exact) mass is 509 g/mol. The molecular weight excluding hydrogens is 484 g/mol. The standard InChI is InChI=1S/C23H25F2N3O4S2/c24-17-10-16(11-18(25)12-17)15-33-23-26-21-13-20(34(29,30)27-5-8-31-9-6-27)3-4-22(21)28(23)14-19-2-1-7-32-19/h3-4,10-13,19H,1-2,5-9,14-15H2/t19-/m1/s1. The van der Waals surface area contributed by atoms with E-state index in [1.54, 1.807) is 18.2 Å². The van der Waals surface area contributed by atoms with E-state index < -0.39 is 21.7 Å². The first-order valence-corrected chi connectivity index (χ1v) is 13.6. The van der Waals surface area contributed by atoms with Gasteiger partial charge in [-0.2, -0.15) is 4.31 Å². The van der Waals surface area contributed by atoms with Gasteiger partial charge in [-0.05, 0) is 48.7 Å². The van der Waals surface area contributed by atoms with E-state index in [0.717, 1.165) is 24.4 Å². The van der Waals surface area contributed by atoms with Gasteiger partial charge in [-0.1, -0.05) is 11.8 Å². The molecule has 2 fully saturated rings. The van der Waals surface area contributed by atoms with Crippen molar-refractivity contribution in [2.24, 2.45) is 0 Å². The minimum atomic E-state index is -3.66. The molecule has 0 spiro atoms. The van der Waals surface area contributed by atoms with Gasteiger partial charge in [0, 0.05) is 31.5 Å². The molecule has 2 aromatic carbocycles. The minimum Gasteiger partial charge on any atom is -0.379 e. The fraction of sp³-hybridized carbons (Fsp3) is 0.435. The van der Waals surface area contributed by atoms with Gasteiger partial charge in [-0.3, -0.25) is 0 Å². The lowest BCUT2D eigenvalue weighted by molar-refractivity contribution is 0.0730. The molecule has 1 aromatic heterocycles. The molecule has 34 heavy (non-hydrogen) atoms. The third-order valence-corrected chi connectivity index (χ3v) is 8.94. The summed E-state index contributed by atoms with van der Waals surface area (Å²) in [6.07, 6.45) is 1.97. The SMILES string of the molecule is O=S(=O)(c1ccc2c(c1)nc(SCc1cc(F)cc(F)c1)n2C[C@H]1CCCO1)N1CCOCC1. The van der Waals surface area contributed by atoms with Gasteiger partial charge in [-0.25, -0.2) is 22.2 Å². The van der Waals surface area contributed by atoms with Crippen molar-refractivity contribution in [3.05, 3.63) is 53.6 Å². The molecular formula is C23H25F2N3O4S2. The molecule has 3 aromatic rings. The van der Waals surface area contributed by atoms with Crippen LogP contribution in [0.1, 0.15) is 18.4 Å². The van der Waals surface area contributed by atoms with E-state index in [1.807, 2.05) is 4.57 Å². The quantitative estimate of drug-likeness (QED) is 0.451. The Labute approximate surface area is 201 Å². The highest BCUT2D eigenvalue weighted by molar-refractivity contribution is 7.98. The molecule has 0 radical (unpaired) electrons. The van der Waals surface area contributed by atoms with Crippen LogP contribution in [-0.4, -0.2) is 61.3 Å². The normalized spacial score (nSPS) is 19.8. The van der Waals surface area contributed by atoms with Crippen LogP contribution in [0.25, 0.3) is 11.0 Å². The summed E-state index contributed by atoms with van der Waals surface area (Å²) < 4.78 is 68.0. The van der Waals surface area contributed by atoms with Crippen molar-refractivity contribution in [1.29, 1.82) is 0 Å². The molecule has 0 N–H and O–H groups in total. The zero-order chi connectivity index (χ0) is 23.7. The number of thioether (sulfide) groups is 1. The number of fused-ring (bicyclic) bond motifs is 1. The van der Waals surface area contributed by atoms with Gasteiger partial charge in [0.25, 0.3) is 0 Å². The Balaban J connectivity index is 1.47. The van der Waals surface area contributed by atoms with Crippen LogP contribution >= 0.6 is 11.8 Å². The predicted molar refractivity (Wildman–Crippen MR) is 124 cm³/mol. The van der Waals surface area contributed by atoms with Crippen LogP contribution in [0.5, 0.6) is 0 Å². The van der Waals surface area contributed by atoms with Crippen LogP contribution in [0.15, 0.2) is 46.5 Å². The average Bonchev–Trinajstić information content (AvgIpc) is 3.45. The van der Waals surface area contributed by atoms with E-state index in [4.69, 9.17) is 14.5 Å². The lowest BCUT2D eigenvalue weighted by Crippen LogP contribution is -2.40. The van der Waals surface area contributed by atoms with Crippen LogP contribution in [0, 0.1) is 11.6 Å². The second-order valence-corrected chi connectivity index (χ2v) is 11.3. The first-order chi connectivity index (χ1) is 16.4. The lowest BCUT2D eigenvalue weighted by atomic mass is 10.2. The van der Waals surface area contributed by atoms with Crippen molar-refractivity contribution in [2.75, 3.05) is 32.9 Å². The lowest BCUT2D eigenvalue weighted by Gasteiger charge is -2.26. The van der Waals surface area contributed by atoms with Crippen molar-refractivity contribution < 1.29 is 26.7 Å². The zero-order valence-corrected chi connectivity index (χ0v) is 20.1. The molecule has 2 saturated heterocycles. The summed E-state index contributed by atoms with van der Waals surface area (Å²) in [5, 5.41) is 0.649. The van der Waals surface area contributed by atoms with Gasteiger partial charge in [-0.15, -0.1) is 0 Å². The molecule has 2 aliphatic heterocycles. The van der Waals surface area contributed by atoms with Crippen molar-refractivity contribution >= 4 is 32.8 Å². The van der Waals surface area contributed by atoms with E-state index >= 15 is 0 Å². The van der Waals surface area contributed by atoms with E-state index in [0.29, 0.717) is 61.4 Å². The Morgan fingerprint density at radius 1 is 1.06 bits per heavy atom. The maximum absolute atomic E-state index is 13.6. The second kappa shape index (κ2) is 9.90. The number of hydrogen-bond acceptors (Lipinski definition) is 6. The summed E-state index contributed by atoms with van der Waals surface area (Å²) in [5.41, 5.74) is 1.86. The van der Waals surface area contributed by atoms with Crippen LogP contribution in [-0.2, 0) is 31.8 Å². The Hall–Kier alpha value is -2.05. The van der Waals surface area contributed by atoms with Crippen molar-refractivity contribution in [1.82, 2.24) is 13.9 Å². The number of benzene rings is 2. The molecule has 11 heteroatoms. The fourth-order valence-electron chi connectivity index (χ4n) is 4.30. The maximum atomic E-state index is 13.6. The molecule has 0 saturated carbocycles. The topological polar surface area (TPSA) is 73.7 Å². The third-order valence-electron chi connectivity index (χ3n) is 5.99. The molecule has 0 aliphatic carbocycles. The zero-order valence-electron chi connectivity index (χ0n) is 18.5. The molecule has 1 atom stereocenters. The number of hydrogen-bond donors (Lipinski definition) is 0. The number of nitrogens with zero attached hydrogens (tertiary/aromatic N) is 3. The number of aromatic nitrogens is 2. The summed E-state index contributed by atoms with van der Waals surface area (Å²) >= 11 is 1.35. The van der Waals surface area contributed by atoms with Gasteiger partial charge < -0.3 is 14.0 Å². The van der Waals surface area contributed by atoms with E-state index in [-0.39, 0.29) is 11.0 Å². The first-order valence-electron chi connectivity index (χ1n) is 11.2. The van der Waals surface area contributed by atoms with Crippen LogP contribution in [0.4, 0.5) is 8.78 Å². The number of ether oxygens (including phenoxy) is 2. The average molecular weight is 510 g/mol. The van der Waals surface area contributed by atoms with Gasteiger partial charge in [0.2, 0.25) is 10.0 Å². The Morgan fingerprint density at radius 3 is 2.53 bits per heavy atom. The Morgan fingerprint density at radius 2 is 1.82 bits per heavy atom. The number of morpholine rings is 1. The number of sulfonamides is 1. The first kappa shape index (κ1) is 23.7. The molecule has 3 heterocycles. The largest absolute Gasteiger partial charge is 0.379 e. The van der Waals surface area contributed by atoms with Gasteiger partial charge >= 0.3 is 0 Å². The van der Waals surface area contributed by atoms with Crippen LogP contribution in [0.2, 0.25) is 0 Å². The molecule has 0 bridgehead atoms. The van der Waals surface area contributed by atoms with E-state index in [2.05, 4.69) is 0 Å². The number of halogens is 2.